The minimum atomic E-state index is -0.353. The van der Waals surface area contributed by atoms with Crippen molar-refractivity contribution in [2.45, 2.75) is 26.2 Å². The summed E-state index contributed by atoms with van der Waals surface area (Å²) in [6.45, 7) is 6.44. The van der Waals surface area contributed by atoms with Crippen LogP contribution in [0.5, 0.6) is 5.75 Å². The van der Waals surface area contributed by atoms with Crippen LogP contribution in [0, 0.1) is 0 Å². The number of hydrogen-bond donors (Lipinski definition) is 2. The maximum atomic E-state index is 12.1. The third-order valence-electron chi connectivity index (χ3n) is 3.42. The number of amides is 2. The number of halogens is 1. The molecule has 0 heterocycles. The summed E-state index contributed by atoms with van der Waals surface area (Å²) in [5.74, 6) is 0.549. The summed E-state index contributed by atoms with van der Waals surface area (Å²) in [7, 11) is 1.54. The first-order valence-corrected chi connectivity index (χ1v) is 7.69. The lowest BCUT2D eigenvalue weighted by Gasteiger charge is -2.19. The van der Waals surface area contributed by atoms with Crippen LogP contribution in [0.15, 0.2) is 42.5 Å². The molecule has 0 saturated heterocycles. The van der Waals surface area contributed by atoms with Crippen molar-refractivity contribution >= 4 is 29.0 Å². The van der Waals surface area contributed by atoms with Crippen molar-refractivity contribution in [3.05, 3.63) is 53.1 Å². The van der Waals surface area contributed by atoms with Gasteiger partial charge in [-0.1, -0.05) is 44.5 Å². The summed E-state index contributed by atoms with van der Waals surface area (Å²) >= 11 is 5.95. The molecule has 2 amide bonds. The molecule has 2 aromatic rings. The minimum Gasteiger partial charge on any atom is -0.495 e. The Morgan fingerprint density at radius 3 is 2.26 bits per heavy atom. The Morgan fingerprint density at radius 2 is 1.70 bits per heavy atom. The van der Waals surface area contributed by atoms with Crippen LogP contribution in [0.1, 0.15) is 26.3 Å². The lowest BCUT2D eigenvalue weighted by atomic mass is 9.87. The van der Waals surface area contributed by atoms with Crippen molar-refractivity contribution in [3.8, 4) is 5.75 Å². The highest BCUT2D eigenvalue weighted by Crippen LogP contribution is 2.28. The van der Waals surface area contributed by atoms with Gasteiger partial charge in [-0.25, -0.2) is 4.79 Å². The smallest absolute Gasteiger partial charge is 0.323 e. The fourth-order valence-electron chi connectivity index (χ4n) is 2.12. The number of rotatable bonds is 3. The van der Waals surface area contributed by atoms with E-state index in [2.05, 4.69) is 31.4 Å². The van der Waals surface area contributed by atoms with Gasteiger partial charge in [-0.15, -0.1) is 0 Å². The molecule has 0 fully saturated rings. The van der Waals surface area contributed by atoms with Crippen molar-refractivity contribution in [3.63, 3.8) is 0 Å². The van der Waals surface area contributed by atoms with Gasteiger partial charge in [0.1, 0.15) is 5.75 Å². The van der Waals surface area contributed by atoms with E-state index in [-0.39, 0.29) is 11.4 Å². The molecule has 5 heteroatoms. The summed E-state index contributed by atoms with van der Waals surface area (Å²) in [4.78, 5) is 12.1. The topological polar surface area (TPSA) is 50.4 Å². The quantitative estimate of drug-likeness (QED) is 0.802. The van der Waals surface area contributed by atoms with Crippen molar-refractivity contribution in [1.82, 2.24) is 0 Å². The molecular weight excluding hydrogens is 312 g/mol. The standard InChI is InChI=1S/C18H21ClN2O2/c1-18(2,3)12-5-8-14(9-6-12)20-17(22)21-15-11-13(19)7-10-16(15)23-4/h5-11H,1-4H3,(H2,20,21,22). The Balaban J connectivity index is 2.07. The van der Waals surface area contributed by atoms with E-state index in [4.69, 9.17) is 16.3 Å². The van der Waals surface area contributed by atoms with Crippen molar-refractivity contribution in [1.29, 1.82) is 0 Å². The highest BCUT2D eigenvalue weighted by molar-refractivity contribution is 6.31. The third-order valence-corrected chi connectivity index (χ3v) is 3.65. The van der Waals surface area contributed by atoms with Gasteiger partial charge in [0.15, 0.2) is 0 Å². The zero-order chi connectivity index (χ0) is 17.0. The van der Waals surface area contributed by atoms with E-state index < -0.39 is 0 Å². The van der Waals surface area contributed by atoms with Crippen molar-refractivity contribution in [2.75, 3.05) is 17.7 Å². The summed E-state index contributed by atoms with van der Waals surface area (Å²) in [5, 5.41) is 6.05. The molecule has 0 spiro atoms. The Bertz CT molecular complexity index is 691. The van der Waals surface area contributed by atoms with E-state index in [1.165, 1.54) is 12.7 Å². The van der Waals surface area contributed by atoms with Crippen LogP contribution in [0.2, 0.25) is 5.02 Å². The first-order valence-electron chi connectivity index (χ1n) is 7.31. The molecular formula is C18H21ClN2O2. The second kappa shape index (κ2) is 6.92. The summed E-state index contributed by atoms with van der Waals surface area (Å²) < 4.78 is 5.20. The predicted octanol–water partition coefficient (Wildman–Crippen LogP) is 5.29. The molecule has 0 aliphatic rings. The number of carbonyl (C=O) groups is 1. The number of hydrogen-bond acceptors (Lipinski definition) is 2. The van der Waals surface area contributed by atoms with Gasteiger partial charge in [0, 0.05) is 10.7 Å². The van der Waals surface area contributed by atoms with Gasteiger partial charge in [0.2, 0.25) is 0 Å². The Kier molecular flexibility index (Phi) is 5.16. The number of nitrogens with one attached hydrogen (secondary N) is 2. The molecule has 0 bridgehead atoms. The fraction of sp³-hybridized carbons (Fsp3) is 0.278. The zero-order valence-corrected chi connectivity index (χ0v) is 14.5. The molecule has 0 saturated carbocycles. The maximum absolute atomic E-state index is 12.1. The predicted molar refractivity (Wildman–Crippen MR) is 95.8 cm³/mol. The van der Waals surface area contributed by atoms with Crippen LogP contribution in [-0.2, 0) is 5.41 Å². The van der Waals surface area contributed by atoms with Gasteiger partial charge in [0.05, 0.1) is 12.8 Å². The molecule has 4 nitrogen and oxygen atoms in total. The van der Waals surface area contributed by atoms with Crippen molar-refractivity contribution < 1.29 is 9.53 Å². The largest absolute Gasteiger partial charge is 0.495 e. The molecule has 0 atom stereocenters. The zero-order valence-electron chi connectivity index (χ0n) is 13.7. The van der Waals surface area contributed by atoms with Gasteiger partial charge in [-0.2, -0.15) is 0 Å². The van der Waals surface area contributed by atoms with Gasteiger partial charge in [0.25, 0.3) is 0 Å². The maximum Gasteiger partial charge on any atom is 0.323 e. The van der Waals surface area contributed by atoms with E-state index in [1.807, 2.05) is 24.3 Å². The molecule has 0 radical (unpaired) electrons. The molecule has 0 aliphatic heterocycles. The number of carbonyl (C=O) groups excluding carboxylic acids is 1. The van der Waals surface area contributed by atoms with E-state index in [9.17, 15) is 4.79 Å². The van der Waals surface area contributed by atoms with E-state index in [0.29, 0.717) is 16.5 Å². The Morgan fingerprint density at radius 1 is 1.04 bits per heavy atom. The van der Waals surface area contributed by atoms with E-state index in [0.717, 1.165) is 5.69 Å². The van der Waals surface area contributed by atoms with E-state index >= 15 is 0 Å². The number of anilines is 2. The van der Waals surface area contributed by atoms with Gasteiger partial charge in [-0.3, -0.25) is 0 Å². The average Bonchev–Trinajstić information content (AvgIpc) is 2.47. The molecule has 2 aromatic carbocycles. The summed E-state index contributed by atoms with van der Waals surface area (Å²) in [6.07, 6.45) is 0. The van der Waals surface area contributed by atoms with Crippen LogP contribution >= 0.6 is 11.6 Å². The first-order chi connectivity index (χ1) is 10.8. The normalized spacial score (nSPS) is 11.0. The molecule has 0 aromatic heterocycles. The molecule has 0 aliphatic carbocycles. The molecule has 122 valence electrons. The molecule has 23 heavy (non-hydrogen) atoms. The SMILES string of the molecule is COc1ccc(Cl)cc1NC(=O)Nc1ccc(C(C)(C)C)cc1. The third kappa shape index (κ3) is 4.63. The van der Waals surface area contributed by atoms with Gasteiger partial charge < -0.3 is 15.4 Å². The highest BCUT2D eigenvalue weighted by Gasteiger charge is 2.13. The first kappa shape index (κ1) is 17.2. The monoisotopic (exact) mass is 332 g/mol. The summed E-state index contributed by atoms with van der Waals surface area (Å²) in [6, 6.07) is 12.5. The molecule has 0 unspecified atom stereocenters. The number of benzene rings is 2. The number of ether oxygens (including phenoxy) is 1. The van der Waals surface area contributed by atoms with Crippen LogP contribution in [0.4, 0.5) is 16.2 Å². The second-order valence-corrected chi connectivity index (χ2v) is 6.69. The average molecular weight is 333 g/mol. The highest BCUT2D eigenvalue weighted by atomic mass is 35.5. The number of methoxy groups -OCH3 is 1. The van der Waals surface area contributed by atoms with Crippen molar-refractivity contribution in [2.24, 2.45) is 0 Å². The van der Waals surface area contributed by atoms with E-state index in [1.54, 1.807) is 18.2 Å². The van der Waals surface area contributed by atoms with Crippen LogP contribution in [-0.4, -0.2) is 13.1 Å². The lowest BCUT2D eigenvalue weighted by molar-refractivity contribution is 0.262. The summed E-state index contributed by atoms with van der Waals surface area (Å²) in [5.41, 5.74) is 2.52. The molecule has 2 rings (SSSR count). The van der Waals surface area contributed by atoms with Crippen LogP contribution < -0.4 is 15.4 Å². The minimum absolute atomic E-state index is 0.0783. The lowest BCUT2D eigenvalue weighted by Crippen LogP contribution is -2.20. The van der Waals surface area contributed by atoms with Crippen LogP contribution in [0.25, 0.3) is 0 Å². The Labute approximate surface area is 141 Å². The molecule has 2 N–H and O–H groups in total. The second-order valence-electron chi connectivity index (χ2n) is 6.25. The van der Waals surface area contributed by atoms with Crippen LogP contribution in [0.3, 0.4) is 0 Å². The van der Waals surface area contributed by atoms with Gasteiger partial charge >= 0.3 is 6.03 Å². The fourth-order valence-corrected chi connectivity index (χ4v) is 2.29. The number of urea groups is 1. The Hall–Kier alpha value is -2.20. The van der Waals surface area contributed by atoms with Gasteiger partial charge in [-0.05, 0) is 41.3 Å².